The van der Waals surface area contributed by atoms with E-state index in [1.165, 1.54) is 30.7 Å². The van der Waals surface area contributed by atoms with E-state index in [0.29, 0.717) is 11.1 Å². The number of hydrogen-bond donors (Lipinski definition) is 1. The van der Waals surface area contributed by atoms with Crippen LogP contribution in [-0.2, 0) is 19.3 Å². The van der Waals surface area contributed by atoms with E-state index in [-0.39, 0.29) is 58.1 Å². The number of hydrogen-bond acceptors (Lipinski definition) is 6. The van der Waals surface area contributed by atoms with Gasteiger partial charge in [0.25, 0.3) is 5.91 Å². The number of aromatic nitrogens is 5. The molecule has 1 aromatic carbocycles. The molecule has 3 aromatic heterocycles. The van der Waals surface area contributed by atoms with Crippen molar-refractivity contribution < 1.29 is 22.4 Å². The summed E-state index contributed by atoms with van der Waals surface area (Å²) in [6.07, 6.45) is 5.05. The number of carbonyl (C=O) groups excluding carboxylic acids is 1. The molecule has 198 valence electrons. The lowest BCUT2D eigenvalue weighted by Gasteiger charge is -2.29. The second kappa shape index (κ2) is 10.2. The fourth-order valence-electron chi connectivity index (χ4n) is 4.15. The van der Waals surface area contributed by atoms with Crippen LogP contribution in [0.25, 0.3) is 11.1 Å². The zero-order valence-corrected chi connectivity index (χ0v) is 21.1. The molecule has 5 rings (SSSR count). The van der Waals surface area contributed by atoms with E-state index in [1.807, 2.05) is 0 Å². The van der Waals surface area contributed by atoms with Gasteiger partial charge in [-0.2, -0.15) is 13.2 Å². The minimum absolute atomic E-state index is 0.00159. The average Bonchev–Trinajstić information content (AvgIpc) is 3.34. The van der Waals surface area contributed by atoms with Gasteiger partial charge in [0.15, 0.2) is 5.82 Å². The maximum atomic E-state index is 15.0. The lowest BCUT2D eigenvalue weighted by molar-refractivity contribution is -0.147. The zero-order valence-electron chi connectivity index (χ0n) is 19.6. The molecule has 0 saturated carbocycles. The first-order valence-electron chi connectivity index (χ1n) is 11.2. The first-order valence-corrected chi connectivity index (χ1v) is 11.9. The predicted molar refractivity (Wildman–Crippen MR) is 136 cm³/mol. The fourth-order valence-corrected chi connectivity index (χ4v) is 4.69. The molecule has 1 amide bonds. The standard InChI is InChI=1S/C25H15Cl2F4N7O/c1-2-13-10-32-4-3-15(13)16-8-18(26)17(9-20(16)28)23(39)34-14-7-19(27)22(33-11-14)37-5-6-38-21(12-37)35-36-24(38)25(29,30)31/h1,3-4,7-11H,5-6,12H2,(H,34,39). The van der Waals surface area contributed by atoms with Gasteiger partial charge in [0.1, 0.15) is 11.6 Å². The van der Waals surface area contributed by atoms with Crippen molar-refractivity contribution in [1.29, 1.82) is 0 Å². The normalized spacial score (nSPS) is 13.1. The molecule has 39 heavy (non-hydrogen) atoms. The molecule has 0 bridgehead atoms. The highest BCUT2D eigenvalue weighted by molar-refractivity contribution is 6.35. The van der Waals surface area contributed by atoms with Crippen molar-refractivity contribution in [2.24, 2.45) is 0 Å². The number of pyridine rings is 2. The Kier molecular flexibility index (Phi) is 6.88. The molecular weight excluding hydrogens is 561 g/mol. The average molecular weight is 576 g/mol. The predicted octanol–water partition coefficient (Wildman–Crippen LogP) is 5.45. The van der Waals surface area contributed by atoms with Crippen molar-refractivity contribution in [3.63, 3.8) is 0 Å². The summed E-state index contributed by atoms with van der Waals surface area (Å²) in [5.41, 5.74) is 0.930. The van der Waals surface area contributed by atoms with E-state index in [0.717, 1.165) is 10.6 Å². The fraction of sp³-hybridized carbons (Fsp3) is 0.160. The van der Waals surface area contributed by atoms with Crippen LogP contribution in [0.5, 0.6) is 0 Å². The Balaban J connectivity index is 1.33. The van der Waals surface area contributed by atoms with Crippen LogP contribution in [0.1, 0.15) is 27.6 Å². The Morgan fingerprint density at radius 2 is 1.87 bits per heavy atom. The number of halogens is 6. The number of nitrogens with zero attached hydrogens (tertiary/aromatic N) is 6. The molecule has 4 heterocycles. The number of alkyl halides is 3. The van der Waals surface area contributed by atoms with E-state index in [2.05, 4.69) is 31.4 Å². The first kappa shape index (κ1) is 26.4. The topological polar surface area (TPSA) is 88.8 Å². The second-order valence-electron chi connectivity index (χ2n) is 8.37. The number of amides is 1. The van der Waals surface area contributed by atoms with Crippen molar-refractivity contribution in [2.75, 3.05) is 16.8 Å². The largest absolute Gasteiger partial charge is 0.451 e. The highest BCUT2D eigenvalue weighted by Crippen LogP contribution is 2.34. The van der Waals surface area contributed by atoms with Gasteiger partial charge in [-0.25, -0.2) is 9.37 Å². The van der Waals surface area contributed by atoms with Crippen LogP contribution >= 0.6 is 23.2 Å². The van der Waals surface area contributed by atoms with E-state index in [1.54, 1.807) is 11.0 Å². The molecule has 8 nitrogen and oxygen atoms in total. The van der Waals surface area contributed by atoms with Crippen molar-refractivity contribution in [3.8, 4) is 23.5 Å². The Morgan fingerprint density at radius 3 is 2.59 bits per heavy atom. The van der Waals surface area contributed by atoms with E-state index in [4.69, 9.17) is 29.6 Å². The van der Waals surface area contributed by atoms with E-state index in [9.17, 15) is 22.4 Å². The molecular formula is C25H15Cl2F4N7O. The molecule has 0 unspecified atom stereocenters. The van der Waals surface area contributed by atoms with Gasteiger partial charge in [0, 0.05) is 36.6 Å². The van der Waals surface area contributed by atoms with Gasteiger partial charge in [-0.1, -0.05) is 29.1 Å². The molecule has 0 atom stereocenters. The smallest absolute Gasteiger partial charge is 0.346 e. The maximum absolute atomic E-state index is 15.0. The molecule has 0 radical (unpaired) electrons. The van der Waals surface area contributed by atoms with E-state index < -0.39 is 23.7 Å². The molecule has 1 aliphatic heterocycles. The second-order valence-corrected chi connectivity index (χ2v) is 9.19. The number of benzene rings is 1. The van der Waals surface area contributed by atoms with Crippen LogP contribution in [0.2, 0.25) is 10.0 Å². The zero-order chi connectivity index (χ0) is 27.9. The molecule has 0 spiro atoms. The maximum Gasteiger partial charge on any atom is 0.451 e. The summed E-state index contributed by atoms with van der Waals surface area (Å²) >= 11 is 12.7. The molecule has 1 aliphatic rings. The molecule has 14 heteroatoms. The summed E-state index contributed by atoms with van der Waals surface area (Å²) in [5.74, 6) is 0.338. The van der Waals surface area contributed by atoms with Gasteiger partial charge in [-0.05, 0) is 24.3 Å². The molecule has 0 aliphatic carbocycles. The van der Waals surface area contributed by atoms with Crippen LogP contribution in [0.3, 0.4) is 0 Å². The van der Waals surface area contributed by atoms with Crippen molar-refractivity contribution in [1.82, 2.24) is 24.7 Å². The van der Waals surface area contributed by atoms with Crippen molar-refractivity contribution in [3.05, 3.63) is 81.5 Å². The number of terminal acetylenes is 1. The third-order valence-corrected chi connectivity index (χ3v) is 6.54. The van der Waals surface area contributed by atoms with Crippen molar-refractivity contribution in [2.45, 2.75) is 19.3 Å². The van der Waals surface area contributed by atoms with Crippen LogP contribution in [0.15, 0.2) is 42.9 Å². The number of fused-ring (bicyclic) bond motifs is 1. The summed E-state index contributed by atoms with van der Waals surface area (Å²) in [5, 5.41) is 9.56. The molecule has 4 aromatic rings. The molecule has 0 fully saturated rings. The SMILES string of the molecule is C#Cc1cnccc1-c1cc(Cl)c(C(=O)Nc2cnc(N3CCn4c(nnc4C(F)(F)F)C3)c(Cl)c2)cc1F. The third-order valence-electron chi connectivity index (χ3n) is 5.95. The van der Waals surface area contributed by atoms with E-state index >= 15 is 0 Å². The highest BCUT2D eigenvalue weighted by Gasteiger charge is 2.39. The lowest BCUT2D eigenvalue weighted by Crippen LogP contribution is -2.36. The van der Waals surface area contributed by atoms with Crippen molar-refractivity contribution >= 4 is 40.6 Å². The Labute approximate surface area is 228 Å². The lowest BCUT2D eigenvalue weighted by atomic mass is 10.00. The summed E-state index contributed by atoms with van der Waals surface area (Å²) in [7, 11) is 0. The Hall–Kier alpha value is -4.21. The van der Waals surface area contributed by atoms with Crippen LogP contribution in [0, 0.1) is 18.2 Å². The number of nitrogens with one attached hydrogen (secondary N) is 1. The van der Waals surface area contributed by atoms with Crippen LogP contribution in [-0.4, -0.2) is 37.2 Å². The summed E-state index contributed by atoms with van der Waals surface area (Å²) in [6, 6.07) is 5.25. The van der Waals surface area contributed by atoms with Gasteiger partial charge in [-0.3, -0.25) is 9.78 Å². The van der Waals surface area contributed by atoms with Gasteiger partial charge in [0.05, 0.1) is 39.6 Å². The summed E-state index contributed by atoms with van der Waals surface area (Å²) in [6.45, 7) is 0.157. The van der Waals surface area contributed by atoms with Gasteiger partial charge >= 0.3 is 6.18 Å². The quantitative estimate of drug-likeness (QED) is 0.257. The number of carbonyl (C=O) groups is 1. The van der Waals surface area contributed by atoms with Gasteiger partial charge in [-0.15, -0.1) is 16.6 Å². The minimum Gasteiger partial charge on any atom is -0.346 e. The first-order chi connectivity index (χ1) is 18.6. The molecule has 1 N–H and O–H groups in total. The highest BCUT2D eigenvalue weighted by atomic mass is 35.5. The van der Waals surface area contributed by atoms with Crippen LogP contribution < -0.4 is 10.2 Å². The summed E-state index contributed by atoms with van der Waals surface area (Å²) in [4.78, 5) is 22.7. The number of anilines is 2. The minimum atomic E-state index is -4.61. The van der Waals surface area contributed by atoms with Gasteiger partial charge in [0.2, 0.25) is 5.82 Å². The number of rotatable bonds is 4. The van der Waals surface area contributed by atoms with Gasteiger partial charge < -0.3 is 14.8 Å². The Morgan fingerprint density at radius 1 is 1.08 bits per heavy atom. The monoisotopic (exact) mass is 575 g/mol. The molecule has 0 saturated heterocycles. The Bertz CT molecular complexity index is 1650. The third kappa shape index (κ3) is 5.10. The van der Waals surface area contributed by atoms with Crippen LogP contribution in [0.4, 0.5) is 29.1 Å². The summed E-state index contributed by atoms with van der Waals surface area (Å²) < 4.78 is 55.3.